The zero-order chi connectivity index (χ0) is 14.7. The van der Waals surface area contributed by atoms with Crippen LogP contribution in [0.15, 0.2) is 42.0 Å². The van der Waals surface area contributed by atoms with E-state index in [0.29, 0.717) is 11.1 Å². The predicted molar refractivity (Wildman–Crippen MR) is 70.6 cm³/mol. The Morgan fingerprint density at radius 3 is 2.21 bits per heavy atom. The molecule has 0 aliphatic carbocycles. The summed E-state index contributed by atoms with van der Waals surface area (Å²) in [6.07, 6.45) is 2.60. The Labute approximate surface area is 112 Å². The van der Waals surface area contributed by atoms with Gasteiger partial charge in [0.2, 0.25) is 0 Å². The second-order valence-electron chi connectivity index (χ2n) is 3.50. The molecule has 0 aliphatic rings. The molecule has 19 heavy (non-hydrogen) atoms. The zero-order valence-electron chi connectivity index (χ0n) is 11.3. The van der Waals surface area contributed by atoms with E-state index in [1.165, 1.54) is 7.11 Å². The van der Waals surface area contributed by atoms with Crippen molar-refractivity contribution in [1.82, 2.24) is 0 Å². The quantitative estimate of drug-likeness (QED) is 0.515. The summed E-state index contributed by atoms with van der Waals surface area (Å²) in [5.74, 6) is -1.31. The van der Waals surface area contributed by atoms with Crippen molar-refractivity contribution in [2.24, 2.45) is 0 Å². The van der Waals surface area contributed by atoms with E-state index in [9.17, 15) is 9.59 Å². The molecule has 0 unspecified atom stereocenters. The van der Waals surface area contributed by atoms with E-state index in [-0.39, 0.29) is 0 Å². The van der Waals surface area contributed by atoms with Crippen LogP contribution in [0.5, 0.6) is 0 Å². The third-order valence-corrected chi connectivity index (χ3v) is 2.01. The van der Waals surface area contributed by atoms with Crippen molar-refractivity contribution in [3.05, 3.63) is 47.5 Å². The fraction of sp³-hybridized carbons (Fsp3) is 0.286. The van der Waals surface area contributed by atoms with Crippen molar-refractivity contribution >= 4 is 11.9 Å². The first-order valence-electron chi connectivity index (χ1n) is 5.73. The summed E-state index contributed by atoms with van der Waals surface area (Å²) < 4.78 is 0. The zero-order valence-corrected chi connectivity index (χ0v) is 11.3. The molecule has 0 aromatic heterocycles. The number of hydrogen-bond acceptors (Lipinski definition) is 4. The Kier molecular flexibility index (Phi) is 8.74. The Morgan fingerprint density at radius 1 is 1.26 bits per heavy atom. The molecule has 0 atom stereocenters. The summed E-state index contributed by atoms with van der Waals surface area (Å²) in [5.41, 5.74) is 0.904. The number of carbonyl (C=O) groups is 2. The Hall–Kier alpha value is -2.14. The molecule has 0 saturated carbocycles. The van der Waals surface area contributed by atoms with Crippen molar-refractivity contribution in [3.8, 4) is 0 Å². The molecule has 0 radical (unpaired) electrons. The smallest absolute Gasteiger partial charge is 0.368 e. The summed E-state index contributed by atoms with van der Waals surface area (Å²) in [7, 11) is 1.30. The highest BCUT2D eigenvalue weighted by Gasteiger charge is 2.03. The van der Waals surface area contributed by atoms with Gasteiger partial charge in [0.1, 0.15) is 0 Å². The number of allylic oxidation sites excluding steroid dienone is 1. The van der Waals surface area contributed by atoms with Gasteiger partial charge in [0.25, 0.3) is 0 Å². The van der Waals surface area contributed by atoms with Crippen molar-refractivity contribution in [2.45, 2.75) is 20.3 Å². The predicted octanol–water partition coefficient (Wildman–Crippen LogP) is 2.83. The number of carboxylic acid groups (broad SMARTS) is 1. The third-order valence-electron chi connectivity index (χ3n) is 2.01. The van der Waals surface area contributed by atoms with Crippen molar-refractivity contribution in [1.29, 1.82) is 0 Å². The van der Waals surface area contributed by atoms with Gasteiger partial charge in [0.05, 0.1) is 12.7 Å². The van der Waals surface area contributed by atoms with Gasteiger partial charge in [-0.05, 0) is 25.5 Å². The van der Waals surface area contributed by atoms with E-state index in [1.54, 1.807) is 43.3 Å². The molecule has 1 N–H and O–H groups in total. The van der Waals surface area contributed by atoms with Gasteiger partial charge < -0.3 is 5.11 Å². The van der Waals surface area contributed by atoms with Crippen LogP contribution in [0.1, 0.15) is 30.6 Å². The summed E-state index contributed by atoms with van der Waals surface area (Å²) >= 11 is 0. The number of aromatic carboxylic acids is 1. The first-order chi connectivity index (χ1) is 9.02. The summed E-state index contributed by atoms with van der Waals surface area (Å²) in [4.78, 5) is 29.3. The minimum Gasteiger partial charge on any atom is -0.478 e. The van der Waals surface area contributed by atoms with Crippen LogP contribution in [0.2, 0.25) is 0 Å². The SMILES string of the molecule is CCC=C(C)C(=O)OOC.O=C(O)c1ccccc1. The maximum atomic E-state index is 10.7. The monoisotopic (exact) mass is 266 g/mol. The van der Waals surface area contributed by atoms with Crippen LogP contribution in [0.4, 0.5) is 0 Å². The summed E-state index contributed by atoms with van der Waals surface area (Å²) in [6.45, 7) is 3.63. The molecule has 5 heteroatoms. The maximum Gasteiger partial charge on any atom is 0.368 e. The van der Waals surface area contributed by atoms with Gasteiger partial charge in [-0.1, -0.05) is 31.2 Å². The third kappa shape index (κ3) is 7.72. The molecule has 0 bridgehead atoms. The second-order valence-corrected chi connectivity index (χ2v) is 3.50. The average Bonchev–Trinajstić information content (AvgIpc) is 2.41. The minimum atomic E-state index is -0.879. The average molecular weight is 266 g/mol. The highest BCUT2D eigenvalue weighted by Crippen LogP contribution is 1.97. The molecule has 1 aromatic carbocycles. The lowest BCUT2D eigenvalue weighted by atomic mass is 10.2. The number of carboxylic acids is 1. The highest BCUT2D eigenvalue weighted by molar-refractivity contribution is 5.87. The number of carbonyl (C=O) groups excluding carboxylic acids is 1. The molecule has 0 saturated heterocycles. The minimum absolute atomic E-state index is 0.331. The summed E-state index contributed by atoms with van der Waals surface area (Å²) in [5, 5.41) is 8.38. The van der Waals surface area contributed by atoms with Gasteiger partial charge in [0, 0.05) is 5.57 Å². The van der Waals surface area contributed by atoms with E-state index >= 15 is 0 Å². The van der Waals surface area contributed by atoms with E-state index < -0.39 is 11.9 Å². The Bertz CT molecular complexity index is 423. The Balaban J connectivity index is 0.000000342. The molecule has 1 aromatic rings. The molecule has 0 aliphatic heterocycles. The number of benzene rings is 1. The van der Waals surface area contributed by atoms with Crippen LogP contribution in [-0.2, 0) is 14.6 Å². The fourth-order valence-electron chi connectivity index (χ4n) is 1.11. The lowest BCUT2D eigenvalue weighted by Crippen LogP contribution is -2.04. The van der Waals surface area contributed by atoms with Gasteiger partial charge in [-0.2, -0.15) is 4.89 Å². The van der Waals surface area contributed by atoms with Gasteiger partial charge in [-0.15, -0.1) is 0 Å². The van der Waals surface area contributed by atoms with Crippen LogP contribution in [-0.4, -0.2) is 24.2 Å². The molecular weight excluding hydrogens is 248 g/mol. The van der Waals surface area contributed by atoms with Crippen LogP contribution >= 0.6 is 0 Å². The first-order valence-corrected chi connectivity index (χ1v) is 5.73. The van der Waals surface area contributed by atoms with Gasteiger partial charge in [-0.25, -0.2) is 9.59 Å². The van der Waals surface area contributed by atoms with E-state index in [0.717, 1.165) is 6.42 Å². The molecular formula is C14H18O5. The molecule has 1 rings (SSSR count). The van der Waals surface area contributed by atoms with Gasteiger partial charge in [-0.3, -0.25) is 4.89 Å². The summed E-state index contributed by atoms with van der Waals surface area (Å²) in [6, 6.07) is 8.30. The van der Waals surface area contributed by atoms with Crippen molar-refractivity contribution in [2.75, 3.05) is 7.11 Å². The molecule has 104 valence electrons. The lowest BCUT2D eigenvalue weighted by molar-refractivity contribution is -0.250. The van der Waals surface area contributed by atoms with Crippen LogP contribution in [0.3, 0.4) is 0 Å². The van der Waals surface area contributed by atoms with Crippen molar-refractivity contribution in [3.63, 3.8) is 0 Å². The van der Waals surface area contributed by atoms with E-state index in [4.69, 9.17) is 5.11 Å². The molecule has 0 fully saturated rings. The van der Waals surface area contributed by atoms with Gasteiger partial charge in [0.15, 0.2) is 0 Å². The standard InChI is InChI=1S/C7H12O3.C7H6O2/c1-4-5-6(2)7(8)10-9-3;8-7(9)6-4-2-1-3-5-6/h5H,4H2,1-3H3;1-5H,(H,8,9). The molecule has 5 nitrogen and oxygen atoms in total. The second kappa shape index (κ2) is 9.85. The first kappa shape index (κ1) is 16.9. The molecule has 0 heterocycles. The number of hydrogen-bond donors (Lipinski definition) is 1. The Morgan fingerprint density at radius 2 is 1.84 bits per heavy atom. The fourth-order valence-corrected chi connectivity index (χ4v) is 1.11. The lowest BCUT2D eigenvalue weighted by Gasteiger charge is -1.97. The van der Waals surface area contributed by atoms with Crippen LogP contribution in [0, 0.1) is 0 Å². The molecule has 0 spiro atoms. The maximum absolute atomic E-state index is 10.7. The van der Waals surface area contributed by atoms with Gasteiger partial charge >= 0.3 is 11.9 Å². The number of rotatable bonds is 4. The van der Waals surface area contributed by atoms with Crippen molar-refractivity contribution < 1.29 is 24.5 Å². The van der Waals surface area contributed by atoms with Crippen LogP contribution < -0.4 is 0 Å². The highest BCUT2D eigenvalue weighted by atomic mass is 17.2. The van der Waals surface area contributed by atoms with E-state index in [1.807, 2.05) is 6.92 Å². The normalized spacial score (nSPS) is 10.2. The largest absolute Gasteiger partial charge is 0.478 e. The van der Waals surface area contributed by atoms with E-state index in [2.05, 4.69) is 9.78 Å². The molecule has 0 amide bonds. The van der Waals surface area contributed by atoms with Crippen LogP contribution in [0.25, 0.3) is 0 Å². The topological polar surface area (TPSA) is 72.8 Å².